The smallest absolute Gasteiger partial charge is 0.387 e. The molecule has 10 nitrogen and oxygen atoms in total. The number of halogens is 5. The molecule has 3 fully saturated rings. The van der Waals surface area contributed by atoms with Crippen molar-refractivity contribution in [3.8, 4) is 11.5 Å². The van der Waals surface area contributed by atoms with E-state index in [4.69, 9.17) is 37.4 Å². The van der Waals surface area contributed by atoms with Crippen molar-refractivity contribution in [3.63, 3.8) is 0 Å². The molecule has 2 bridgehead atoms. The highest BCUT2D eigenvalue weighted by Crippen LogP contribution is 2.37. The average molecular weight is 805 g/mol. The lowest BCUT2D eigenvalue weighted by molar-refractivity contribution is -0.377. The first kappa shape index (κ1) is 41.8. The molecule has 4 heterocycles. The van der Waals surface area contributed by atoms with E-state index in [1.807, 2.05) is 0 Å². The maximum atomic E-state index is 15.0. The van der Waals surface area contributed by atoms with Crippen LogP contribution in [0, 0.1) is 11.7 Å². The molecule has 3 aliphatic rings. The Morgan fingerprint density at radius 1 is 0.945 bits per heavy atom. The SMILES string of the molecule is CC(C)Oc1cc([C@H](Cc2c(Cl)c[nH+]cc2Cl)OC(=O)c2ccc(CNC(C(=O)O[C@H]3CN4CCC3CC4)c3ccccc3F)cc2)ccc1OC(F)F.[OH-]. The number of rotatable bonds is 15. The number of nitrogens with zero attached hydrogens (tertiary/aromatic N) is 1. The molecule has 294 valence electrons. The Balaban J connectivity index is 0.00000580. The summed E-state index contributed by atoms with van der Waals surface area (Å²) in [4.78, 5) is 32.3. The molecule has 3 atom stereocenters. The van der Waals surface area contributed by atoms with Crippen molar-refractivity contribution in [2.24, 2.45) is 5.92 Å². The number of H-pyrrole nitrogens is 1. The predicted octanol–water partition coefficient (Wildman–Crippen LogP) is 7.77. The van der Waals surface area contributed by atoms with Crippen LogP contribution in [0.1, 0.15) is 71.4 Å². The number of pyridine rings is 1. The topological polar surface area (TPSA) is 130 Å². The van der Waals surface area contributed by atoms with Crippen molar-refractivity contribution in [2.75, 3.05) is 19.6 Å². The summed E-state index contributed by atoms with van der Waals surface area (Å²) in [5.74, 6) is -1.59. The molecule has 4 aromatic rings. The number of aromatic amines is 1. The van der Waals surface area contributed by atoms with Gasteiger partial charge in [-0.2, -0.15) is 8.78 Å². The monoisotopic (exact) mass is 803 g/mol. The second-order valence-electron chi connectivity index (χ2n) is 13.6. The van der Waals surface area contributed by atoms with Crippen LogP contribution < -0.4 is 19.8 Å². The molecular weight excluding hydrogens is 762 g/mol. The molecule has 7 rings (SSSR count). The minimum absolute atomic E-state index is 0. The lowest BCUT2D eigenvalue weighted by Crippen LogP contribution is -2.52. The van der Waals surface area contributed by atoms with Crippen LogP contribution in [-0.2, 0) is 27.2 Å². The number of nitrogens with one attached hydrogen (secondary N) is 2. The highest BCUT2D eigenvalue weighted by molar-refractivity contribution is 6.35. The van der Waals surface area contributed by atoms with E-state index in [-0.39, 0.29) is 53.3 Å². The van der Waals surface area contributed by atoms with Crippen molar-refractivity contribution in [1.29, 1.82) is 0 Å². The van der Waals surface area contributed by atoms with Crippen LogP contribution in [0.5, 0.6) is 11.5 Å². The lowest BCUT2D eigenvalue weighted by Gasteiger charge is -2.44. The molecule has 3 aliphatic heterocycles. The maximum absolute atomic E-state index is 15.0. The molecule has 1 unspecified atom stereocenters. The molecular formula is C40H42Cl2F3N3O7. The van der Waals surface area contributed by atoms with Crippen molar-refractivity contribution >= 4 is 35.1 Å². The number of aromatic nitrogens is 1. The first-order valence-corrected chi connectivity index (χ1v) is 18.5. The fraction of sp³-hybridized carbons (Fsp3) is 0.375. The highest BCUT2D eigenvalue weighted by Gasteiger charge is 2.38. The number of carbonyl (C=O) groups excluding carboxylic acids is 2. The molecule has 3 saturated heterocycles. The van der Waals surface area contributed by atoms with E-state index in [1.165, 1.54) is 36.7 Å². The molecule has 0 spiro atoms. The van der Waals surface area contributed by atoms with E-state index in [0.717, 1.165) is 25.9 Å². The summed E-state index contributed by atoms with van der Waals surface area (Å²) in [6, 6.07) is 15.9. The number of hydrogen-bond acceptors (Lipinski definition) is 9. The summed E-state index contributed by atoms with van der Waals surface area (Å²) >= 11 is 12.9. The van der Waals surface area contributed by atoms with Gasteiger partial charge >= 0.3 is 18.6 Å². The fourth-order valence-electron chi connectivity index (χ4n) is 6.82. The Bertz CT molecular complexity index is 1910. The standard InChI is InChI=1S/C40H40Cl2F3N3O6.H2O/c1-23(2)51-35-17-27(11-12-33(35)54-40(44)45)34(18-29-30(41)20-46-21-31(29)42)52-38(49)26-9-7-24(8-10-26)19-47-37(28-5-3-4-6-32(28)43)39(50)53-36-22-48-15-13-25(36)14-16-48;/h3-12,17,20-21,23,25,34,36-37,40,47H,13-16,18-19,22H2,1-2H3;1H2/t34-,36-,37?;/m0./s1. The van der Waals surface area contributed by atoms with Gasteiger partial charge in [0.15, 0.2) is 23.9 Å². The van der Waals surface area contributed by atoms with Crippen molar-refractivity contribution < 1.29 is 52.2 Å². The highest BCUT2D eigenvalue weighted by atomic mass is 35.5. The van der Waals surface area contributed by atoms with E-state index >= 15 is 0 Å². The Labute approximate surface area is 327 Å². The summed E-state index contributed by atoms with van der Waals surface area (Å²) in [6.07, 6.45) is 3.46. The predicted molar refractivity (Wildman–Crippen MR) is 197 cm³/mol. The van der Waals surface area contributed by atoms with Gasteiger partial charge in [0.25, 0.3) is 0 Å². The minimum atomic E-state index is -3.08. The van der Waals surface area contributed by atoms with Crippen LogP contribution in [0.2, 0.25) is 10.0 Å². The molecule has 0 radical (unpaired) electrons. The molecule has 0 amide bonds. The Hall–Kier alpha value is -4.40. The third-order valence-electron chi connectivity index (χ3n) is 9.57. The quantitative estimate of drug-likeness (QED) is 0.120. The number of benzene rings is 3. The van der Waals surface area contributed by atoms with Crippen molar-refractivity contribution in [2.45, 2.75) is 70.6 Å². The van der Waals surface area contributed by atoms with Gasteiger partial charge in [0.05, 0.1) is 11.7 Å². The second kappa shape index (κ2) is 19.0. The summed E-state index contributed by atoms with van der Waals surface area (Å²) in [6.45, 7) is 3.22. The molecule has 3 aromatic carbocycles. The van der Waals surface area contributed by atoms with Gasteiger partial charge in [0.2, 0.25) is 0 Å². The molecule has 1 aromatic heterocycles. The zero-order chi connectivity index (χ0) is 38.4. The summed E-state index contributed by atoms with van der Waals surface area (Å²) in [7, 11) is 0. The normalized spacial score (nSPS) is 18.7. The fourth-order valence-corrected chi connectivity index (χ4v) is 7.35. The number of piperidine rings is 3. The average Bonchev–Trinajstić information content (AvgIpc) is 3.14. The van der Waals surface area contributed by atoms with E-state index < -0.39 is 36.5 Å². The molecule has 0 saturated carbocycles. The first-order valence-electron chi connectivity index (χ1n) is 17.7. The van der Waals surface area contributed by atoms with Crippen LogP contribution in [-0.4, -0.2) is 60.8 Å². The van der Waals surface area contributed by atoms with Gasteiger partial charge in [-0.25, -0.2) is 19.0 Å². The summed E-state index contributed by atoms with van der Waals surface area (Å²) < 4.78 is 63.7. The summed E-state index contributed by atoms with van der Waals surface area (Å²) in [5, 5.41) is 3.77. The number of esters is 2. The van der Waals surface area contributed by atoms with Crippen LogP contribution >= 0.6 is 23.2 Å². The third-order valence-corrected chi connectivity index (χ3v) is 10.2. The second-order valence-corrected chi connectivity index (χ2v) is 14.4. The zero-order valence-corrected chi connectivity index (χ0v) is 31.7. The zero-order valence-electron chi connectivity index (χ0n) is 30.2. The largest absolute Gasteiger partial charge is 0.870 e. The van der Waals surface area contributed by atoms with E-state index in [1.54, 1.807) is 56.3 Å². The number of alkyl halides is 2. The van der Waals surface area contributed by atoms with Crippen molar-refractivity contribution in [1.82, 2.24) is 10.2 Å². The Morgan fingerprint density at radius 2 is 1.64 bits per heavy atom. The third kappa shape index (κ3) is 10.7. The van der Waals surface area contributed by atoms with Gasteiger partial charge < -0.3 is 24.4 Å². The number of ether oxygens (including phenoxy) is 4. The van der Waals surface area contributed by atoms with Gasteiger partial charge in [0, 0.05) is 30.6 Å². The minimum Gasteiger partial charge on any atom is -0.870 e. The van der Waals surface area contributed by atoms with Crippen molar-refractivity contribution in [3.05, 3.63) is 123 Å². The number of fused-ring (bicyclic) bond motifs is 3. The van der Waals surface area contributed by atoms with Gasteiger partial charge in [-0.15, -0.1) is 0 Å². The number of carbonyl (C=O) groups is 2. The molecule has 3 N–H and O–H groups in total. The van der Waals surface area contributed by atoms with E-state index in [0.29, 0.717) is 39.2 Å². The van der Waals surface area contributed by atoms with E-state index in [2.05, 4.69) is 19.9 Å². The molecule has 55 heavy (non-hydrogen) atoms. The molecule has 15 heteroatoms. The van der Waals surface area contributed by atoms with Gasteiger partial charge in [-0.05, 0) is 87.2 Å². The Morgan fingerprint density at radius 3 is 2.25 bits per heavy atom. The first-order chi connectivity index (χ1) is 25.9. The van der Waals surface area contributed by atoms with Crippen LogP contribution in [0.25, 0.3) is 0 Å². The van der Waals surface area contributed by atoms with Gasteiger partial charge in [-0.3, -0.25) is 10.2 Å². The van der Waals surface area contributed by atoms with E-state index in [9.17, 15) is 22.8 Å². The lowest BCUT2D eigenvalue weighted by atomic mass is 9.86. The maximum Gasteiger partial charge on any atom is 0.387 e. The Kier molecular flexibility index (Phi) is 14.4. The molecule has 0 aliphatic carbocycles. The summed E-state index contributed by atoms with van der Waals surface area (Å²) in [5.41, 5.74) is 2.02. The van der Waals surface area contributed by atoms with Crippen LogP contribution in [0.15, 0.2) is 79.1 Å². The number of hydrogen-bond donors (Lipinski definition) is 1. The van der Waals surface area contributed by atoms with Gasteiger partial charge in [0.1, 0.15) is 34.1 Å². The van der Waals surface area contributed by atoms with Crippen LogP contribution in [0.3, 0.4) is 0 Å². The van der Waals surface area contributed by atoms with Crippen LogP contribution in [0.4, 0.5) is 13.2 Å². The van der Waals surface area contributed by atoms with Gasteiger partial charge in [-0.1, -0.05) is 59.6 Å².